The summed E-state index contributed by atoms with van der Waals surface area (Å²) in [5.74, 6) is -1.03. The van der Waals surface area contributed by atoms with Crippen molar-refractivity contribution in [3.8, 4) is 0 Å². The van der Waals surface area contributed by atoms with E-state index in [4.69, 9.17) is 46.4 Å². The highest BCUT2D eigenvalue weighted by molar-refractivity contribution is 7.92. The zero-order valence-corrected chi connectivity index (χ0v) is 22.8. The number of carbonyl (C=O) groups is 2. The van der Waals surface area contributed by atoms with Crippen molar-refractivity contribution in [1.82, 2.24) is 10.2 Å². The molecule has 1 N–H and O–H groups in total. The smallest absolute Gasteiger partial charge is 0.244 e. The van der Waals surface area contributed by atoms with E-state index >= 15 is 0 Å². The summed E-state index contributed by atoms with van der Waals surface area (Å²) in [6.07, 6.45) is 0.959. The number of sulfonamides is 1. The van der Waals surface area contributed by atoms with Crippen LogP contribution in [0.5, 0.6) is 0 Å². The predicted octanol–water partition coefficient (Wildman–Crippen LogP) is 5.01. The molecule has 2 amide bonds. The van der Waals surface area contributed by atoms with E-state index in [1.54, 1.807) is 32.9 Å². The Kier molecular flexibility index (Phi) is 9.91. The minimum absolute atomic E-state index is 0.0481. The lowest BCUT2D eigenvalue weighted by Gasteiger charge is -2.32. The topological polar surface area (TPSA) is 86.8 Å². The first kappa shape index (κ1) is 28.5. The van der Waals surface area contributed by atoms with Gasteiger partial charge in [0.05, 0.1) is 17.0 Å². The van der Waals surface area contributed by atoms with Gasteiger partial charge in [0, 0.05) is 27.7 Å². The van der Waals surface area contributed by atoms with Crippen molar-refractivity contribution in [2.45, 2.75) is 39.4 Å². The maximum absolute atomic E-state index is 13.5. The molecule has 0 aliphatic heterocycles. The SMILES string of the molecule is CC(C)NC(=O)[C@@H](C)N(Cc1ccc(Cl)cc1Cl)C(=O)CN(c1ccc(Cl)cc1Cl)S(C)(=O)=O. The third-order valence-corrected chi connectivity index (χ3v) is 7.06. The molecule has 2 aromatic rings. The van der Waals surface area contributed by atoms with E-state index < -0.39 is 34.4 Å². The lowest BCUT2D eigenvalue weighted by molar-refractivity contribution is -0.139. The van der Waals surface area contributed by atoms with Crippen LogP contribution in [0.4, 0.5) is 5.69 Å². The highest BCUT2D eigenvalue weighted by Crippen LogP contribution is 2.31. The zero-order valence-electron chi connectivity index (χ0n) is 19.0. The van der Waals surface area contributed by atoms with E-state index in [0.717, 1.165) is 10.6 Å². The van der Waals surface area contributed by atoms with Gasteiger partial charge in [-0.15, -0.1) is 0 Å². The van der Waals surface area contributed by atoms with Crippen molar-refractivity contribution in [2.24, 2.45) is 0 Å². The minimum atomic E-state index is -3.92. The van der Waals surface area contributed by atoms with Gasteiger partial charge in [-0.1, -0.05) is 52.5 Å². The second-order valence-electron chi connectivity index (χ2n) is 7.96. The van der Waals surface area contributed by atoms with E-state index in [-0.39, 0.29) is 23.3 Å². The van der Waals surface area contributed by atoms with Crippen LogP contribution in [0.15, 0.2) is 36.4 Å². The Hall–Kier alpha value is -1.71. The molecule has 0 aromatic heterocycles. The van der Waals surface area contributed by atoms with Crippen LogP contribution in [0.2, 0.25) is 20.1 Å². The van der Waals surface area contributed by atoms with E-state index in [2.05, 4.69) is 5.32 Å². The molecule has 0 spiro atoms. The van der Waals surface area contributed by atoms with Crippen LogP contribution in [0.3, 0.4) is 0 Å². The van der Waals surface area contributed by atoms with Crippen LogP contribution in [0.25, 0.3) is 0 Å². The highest BCUT2D eigenvalue weighted by Gasteiger charge is 2.31. The van der Waals surface area contributed by atoms with E-state index in [9.17, 15) is 18.0 Å². The van der Waals surface area contributed by atoms with Gasteiger partial charge in [-0.2, -0.15) is 0 Å². The molecule has 0 aliphatic carbocycles. The van der Waals surface area contributed by atoms with Gasteiger partial charge in [0.2, 0.25) is 21.8 Å². The first-order valence-electron chi connectivity index (χ1n) is 10.2. The van der Waals surface area contributed by atoms with Gasteiger partial charge in [-0.3, -0.25) is 13.9 Å². The second kappa shape index (κ2) is 11.8. The molecular weight excluding hydrogens is 544 g/mol. The summed E-state index contributed by atoms with van der Waals surface area (Å²) in [7, 11) is -3.92. The molecule has 12 heteroatoms. The molecular formula is C22H25Cl4N3O4S. The fourth-order valence-electron chi connectivity index (χ4n) is 3.10. The Morgan fingerprint density at radius 2 is 1.50 bits per heavy atom. The fourth-order valence-corrected chi connectivity index (χ4v) is 4.99. The average Bonchev–Trinajstić information content (AvgIpc) is 2.70. The van der Waals surface area contributed by atoms with Crippen molar-refractivity contribution >= 4 is 73.9 Å². The summed E-state index contributed by atoms with van der Waals surface area (Å²) in [4.78, 5) is 27.5. The third kappa shape index (κ3) is 7.65. The zero-order chi connectivity index (χ0) is 25.8. The van der Waals surface area contributed by atoms with E-state index in [0.29, 0.717) is 20.6 Å². The molecule has 0 heterocycles. The molecule has 0 radical (unpaired) electrons. The first-order chi connectivity index (χ1) is 15.7. The number of nitrogens with zero attached hydrogens (tertiary/aromatic N) is 2. The van der Waals surface area contributed by atoms with Crippen molar-refractivity contribution in [3.63, 3.8) is 0 Å². The number of nitrogens with one attached hydrogen (secondary N) is 1. The summed E-state index contributed by atoms with van der Waals surface area (Å²) < 4.78 is 26.0. The highest BCUT2D eigenvalue weighted by atomic mass is 35.5. The first-order valence-corrected chi connectivity index (χ1v) is 13.5. The van der Waals surface area contributed by atoms with Crippen molar-refractivity contribution in [1.29, 1.82) is 0 Å². The van der Waals surface area contributed by atoms with Gasteiger partial charge in [-0.25, -0.2) is 8.42 Å². The Balaban J connectivity index is 2.46. The summed E-state index contributed by atoms with van der Waals surface area (Å²) in [5.41, 5.74) is 0.629. The van der Waals surface area contributed by atoms with Gasteiger partial charge in [-0.05, 0) is 56.7 Å². The Morgan fingerprint density at radius 1 is 0.941 bits per heavy atom. The van der Waals surface area contributed by atoms with Gasteiger partial charge >= 0.3 is 0 Å². The number of carbonyl (C=O) groups excluding carboxylic acids is 2. The van der Waals surface area contributed by atoms with Gasteiger partial charge in [0.1, 0.15) is 12.6 Å². The van der Waals surface area contributed by atoms with Crippen LogP contribution < -0.4 is 9.62 Å². The Bertz CT molecular complexity index is 1170. The van der Waals surface area contributed by atoms with E-state index in [1.807, 2.05) is 0 Å². The quantitative estimate of drug-likeness (QED) is 0.461. The largest absolute Gasteiger partial charge is 0.352 e. The molecule has 0 saturated heterocycles. The Morgan fingerprint density at radius 3 is 2.00 bits per heavy atom. The number of amides is 2. The van der Waals surface area contributed by atoms with Crippen molar-refractivity contribution < 1.29 is 18.0 Å². The molecule has 186 valence electrons. The van der Waals surface area contributed by atoms with Crippen LogP contribution in [-0.4, -0.2) is 50.0 Å². The number of benzene rings is 2. The monoisotopic (exact) mass is 567 g/mol. The van der Waals surface area contributed by atoms with Gasteiger partial charge < -0.3 is 10.2 Å². The van der Waals surface area contributed by atoms with Crippen LogP contribution in [0.1, 0.15) is 26.3 Å². The Labute approximate surface area is 220 Å². The normalized spacial score (nSPS) is 12.4. The number of rotatable bonds is 9. The fraction of sp³-hybridized carbons (Fsp3) is 0.364. The van der Waals surface area contributed by atoms with Crippen LogP contribution in [-0.2, 0) is 26.2 Å². The van der Waals surface area contributed by atoms with Crippen LogP contribution in [0, 0.1) is 0 Å². The molecule has 0 fully saturated rings. The van der Waals surface area contributed by atoms with E-state index in [1.165, 1.54) is 29.2 Å². The standard InChI is InChI=1S/C22H25Cl4N3O4S/c1-13(2)27-22(31)14(3)28(11-15-5-6-16(23)9-18(15)25)21(30)12-29(34(4,32)33)20-8-7-17(24)10-19(20)26/h5-10,13-14H,11-12H2,1-4H3,(H,27,31)/t14-/m1/s1. The molecule has 7 nitrogen and oxygen atoms in total. The maximum atomic E-state index is 13.5. The third-order valence-electron chi connectivity index (χ3n) is 4.81. The molecule has 34 heavy (non-hydrogen) atoms. The van der Waals surface area contributed by atoms with Crippen molar-refractivity contribution in [3.05, 3.63) is 62.1 Å². The summed E-state index contributed by atoms with van der Waals surface area (Å²) in [6, 6.07) is 7.95. The summed E-state index contributed by atoms with van der Waals surface area (Å²) in [5, 5.41) is 3.86. The number of halogens is 4. The summed E-state index contributed by atoms with van der Waals surface area (Å²) in [6.45, 7) is 4.50. The van der Waals surface area contributed by atoms with Crippen molar-refractivity contribution in [2.75, 3.05) is 17.1 Å². The molecule has 0 unspecified atom stereocenters. The molecule has 1 atom stereocenters. The number of anilines is 1. The maximum Gasteiger partial charge on any atom is 0.244 e. The molecule has 2 aromatic carbocycles. The van der Waals surface area contributed by atoms with Crippen LogP contribution >= 0.6 is 46.4 Å². The van der Waals surface area contributed by atoms with Gasteiger partial charge in [0.15, 0.2) is 0 Å². The average molecular weight is 569 g/mol. The molecule has 0 aliphatic rings. The number of hydrogen-bond acceptors (Lipinski definition) is 4. The lowest BCUT2D eigenvalue weighted by Crippen LogP contribution is -2.52. The lowest BCUT2D eigenvalue weighted by atomic mass is 10.1. The molecule has 0 bridgehead atoms. The second-order valence-corrected chi connectivity index (χ2v) is 11.6. The van der Waals surface area contributed by atoms with Gasteiger partial charge in [0.25, 0.3) is 0 Å². The number of hydrogen-bond donors (Lipinski definition) is 1. The minimum Gasteiger partial charge on any atom is -0.352 e. The molecule has 2 rings (SSSR count). The molecule has 0 saturated carbocycles. The predicted molar refractivity (Wildman–Crippen MR) is 138 cm³/mol. The summed E-state index contributed by atoms with van der Waals surface area (Å²) >= 11 is 24.4.